The van der Waals surface area contributed by atoms with Crippen molar-refractivity contribution in [3.63, 3.8) is 0 Å². The second-order valence-electron chi connectivity index (χ2n) is 7.54. The Kier molecular flexibility index (Phi) is 8.57. The lowest BCUT2D eigenvalue weighted by Gasteiger charge is -2.24. The van der Waals surface area contributed by atoms with Crippen molar-refractivity contribution in [2.24, 2.45) is 17.6 Å². The molecule has 0 aliphatic carbocycles. The molecule has 1 aromatic carbocycles. The minimum Gasteiger partial charge on any atom is -0.495 e. The molecule has 2 N–H and O–H groups in total. The molecule has 0 saturated carbocycles. The smallest absolute Gasteiger partial charge is 0.227 e. The van der Waals surface area contributed by atoms with Crippen molar-refractivity contribution in [2.75, 3.05) is 32.1 Å². The van der Waals surface area contributed by atoms with Crippen LogP contribution in [0.5, 0.6) is 5.75 Å². The maximum Gasteiger partial charge on any atom is 0.227 e. The van der Waals surface area contributed by atoms with E-state index in [1.807, 2.05) is 25.1 Å². The zero-order valence-electron chi connectivity index (χ0n) is 16.9. The molecule has 1 fully saturated rings. The summed E-state index contributed by atoms with van der Waals surface area (Å²) in [6.07, 6.45) is 0.993. The van der Waals surface area contributed by atoms with Crippen LogP contribution in [0.1, 0.15) is 32.3 Å². The van der Waals surface area contributed by atoms with Crippen LogP contribution in [0.4, 0.5) is 5.69 Å². The molecule has 1 aliphatic rings. The molecule has 7 heteroatoms. The fourth-order valence-corrected chi connectivity index (χ4v) is 3.21. The van der Waals surface area contributed by atoms with Gasteiger partial charge in [-0.1, -0.05) is 19.9 Å². The molecule has 2 atom stereocenters. The quantitative estimate of drug-likeness (QED) is 0.767. The third-order valence-corrected chi connectivity index (χ3v) is 5.13. The van der Waals surface area contributed by atoms with Gasteiger partial charge < -0.3 is 20.3 Å². The highest BCUT2D eigenvalue weighted by molar-refractivity contribution is 6.01. The number of methoxy groups -OCH3 is 1. The van der Waals surface area contributed by atoms with Gasteiger partial charge >= 0.3 is 0 Å². The molecule has 1 aromatic rings. The third kappa shape index (κ3) is 5.59. The van der Waals surface area contributed by atoms with E-state index in [1.165, 1.54) is 0 Å². The summed E-state index contributed by atoms with van der Waals surface area (Å²) >= 11 is 0. The maximum absolute atomic E-state index is 12.7. The highest BCUT2D eigenvalue weighted by Crippen LogP contribution is 2.34. The van der Waals surface area contributed by atoms with Crippen molar-refractivity contribution >= 4 is 29.9 Å². The van der Waals surface area contributed by atoms with Crippen molar-refractivity contribution in [3.8, 4) is 5.75 Å². The largest absolute Gasteiger partial charge is 0.495 e. The van der Waals surface area contributed by atoms with Crippen molar-refractivity contribution in [1.82, 2.24) is 4.90 Å². The fourth-order valence-electron chi connectivity index (χ4n) is 3.21. The van der Waals surface area contributed by atoms with Gasteiger partial charge in [0, 0.05) is 32.6 Å². The predicted octanol–water partition coefficient (Wildman–Crippen LogP) is 2.61. The number of ether oxygens (including phenoxy) is 1. The topological polar surface area (TPSA) is 75.9 Å². The number of nitrogens with two attached hydrogens (primary N) is 1. The van der Waals surface area contributed by atoms with Gasteiger partial charge in [0.15, 0.2) is 0 Å². The van der Waals surface area contributed by atoms with E-state index in [2.05, 4.69) is 13.8 Å². The minimum absolute atomic E-state index is 0. The standard InChI is InChI=1S/C20H31N3O3.ClH/c1-13(2)16(21)8-9-22(4)20(25)15-11-19(24)23(12-15)17-10-14(3)6-7-18(17)26-5;/h6-7,10,13,15-16H,8-9,11-12,21H2,1-5H3;1H. The monoisotopic (exact) mass is 397 g/mol. The van der Waals surface area contributed by atoms with Gasteiger partial charge in [-0.3, -0.25) is 9.59 Å². The molecule has 6 nitrogen and oxygen atoms in total. The van der Waals surface area contributed by atoms with Crippen LogP contribution in [0.15, 0.2) is 18.2 Å². The molecule has 2 amide bonds. The number of aryl methyl sites for hydroxylation is 1. The highest BCUT2D eigenvalue weighted by Gasteiger charge is 2.37. The molecule has 0 spiro atoms. The number of benzene rings is 1. The van der Waals surface area contributed by atoms with Crippen molar-refractivity contribution < 1.29 is 14.3 Å². The second-order valence-corrected chi connectivity index (χ2v) is 7.54. The number of halogens is 1. The van der Waals surface area contributed by atoms with Crippen LogP contribution in [0.25, 0.3) is 0 Å². The molecular formula is C20H32ClN3O3. The molecular weight excluding hydrogens is 366 g/mol. The number of anilines is 1. The van der Waals surface area contributed by atoms with Crippen molar-refractivity contribution in [2.45, 2.75) is 39.7 Å². The van der Waals surface area contributed by atoms with Crippen LogP contribution in [0, 0.1) is 18.8 Å². The lowest BCUT2D eigenvalue weighted by atomic mass is 10.0. The van der Waals surface area contributed by atoms with E-state index in [9.17, 15) is 9.59 Å². The summed E-state index contributed by atoms with van der Waals surface area (Å²) in [4.78, 5) is 28.6. The molecule has 0 bridgehead atoms. The summed E-state index contributed by atoms with van der Waals surface area (Å²) in [6.45, 7) is 7.12. The third-order valence-electron chi connectivity index (χ3n) is 5.13. The van der Waals surface area contributed by atoms with Gasteiger partial charge in [-0.25, -0.2) is 0 Å². The number of amides is 2. The number of carbonyl (C=O) groups is 2. The summed E-state index contributed by atoms with van der Waals surface area (Å²) < 4.78 is 5.39. The number of rotatable bonds is 7. The average Bonchev–Trinajstić information content (AvgIpc) is 2.99. The van der Waals surface area contributed by atoms with Gasteiger partial charge in [0.25, 0.3) is 0 Å². The van der Waals surface area contributed by atoms with Crippen LogP contribution in [-0.2, 0) is 9.59 Å². The van der Waals surface area contributed by atoms with Crippen LogP contribution in [0.3, 0.4) is 0 Å². The van der Waals surface area contributed by atoms with Gasteiger partial charge in [0.05, 0.1) is 18.7 Å². The van der Waals surface area contributed by atoms with Crippen LogP contribution < -0.4 is 15.4 Å². The Labute approximate surface area is 168 Å². The molecule has 1 heterocycles. The number of hydrogen-bond donors (Lipinski definition) is 1. The lowest BCUT2D eigenvalue weighted by Crippen LogP contribution is -2.38. The van der Waals surface area contributed by atoms with Gasteiger partial charge in [-0.15, -0.1) is 12.4 Å². The van der Waals surface area contributed by atoms with E-state index in [0.29, 0.717) is 24.8 Å². The zero-order valence-corrected chi connectivity index (χ0v) is 17.7. The first kappa shape index (κ1) is 23.2. The van der Waals surface area contributed by atoms with Gasteiger partial charge in [0.1, 0.15) is 5.75 Å². The zero-order chi connectivity index (χ0) is 19.4. The first-order chi connectivity index (χ1) is 12.2. The minimum atomic E-state index is -0.326. The summed E-state index contributed by atoms with van der Waals surface area (Å²) in [6, 6.07) is 5.79. The summed E-state index contributed by atoms with van der Waals surface area (Å²) in [5.74, 6) is 0.667. The fraction of sp³-hybridized carbons (Fsp3) is 0.600. The molecule has 2 unspecified atom stereocenters. The average molecular weight is 398 g/mol. The number of hydrogen-bond acceptors (Lipinski definition) is 4. The lowest BCUT2D eigenvalue weighted by molar-refractivity contribution is -0.134. The van der Waals surface area contributed by atoms with E-state index in [1.54, 1.807) is 24.0 Å². The first-order valence-electron chi connectivity index (χ1n) is 9.20. The molecule has 2 rings (SSSR count). The van der Waals surface area contributed by atoms with E-state index >= 15 is 0 Å². The Bertz CT molecular complexity index is 666. The Hall–Kier alpha value is -1.79. The van der Waals surface area contributed by atoms with E-state index < -0.39 is 0 Å². The molecule has 152 valence electrons. The Morgan fingerprint density at radius 2 is 2.07 bits per heavy atom. The van der Waals surface area contributed by atoms with Crippen molar-refractivity contribution in [1.29, 1.82) is 0 Å². The number of carbonyl (C=O) groups excluding carboxylic acids is 2. The first-order valence-corrected chi connectivity index (χ1v) is 9.20. The van der Waals surface area contributed by atoms with E-state index in [4.69, 9.17) is 10.5 Å². The predicted molar refractivity (Wildman–Crippen MR) is 111 cm³/mol. The molecule has 1 saturated heterocycles. The Balaban J connectivity index is 0.00000364. The Morgan fingerprint density at radius 1 is 1.41 bits per heavy atom. The summed E-state index contributed by atoms with van der Waals surface area (Å²) in [5, 5.41) is 0. The molecule has 27 heavy (non-hydrogen) atoms. The molecule has 1 aliphatic heterocycles. The SMILES string of the molecule is COc1ccc(C)cc1N1CC(C(=O)N(C)CCC(N)C(C)C)CC1=O.Cl. The van der Waals surface area contributed by atoms with Gasteiger partial charge in [-0.2, -0.15) is 0 Å². The van der Waals surface area contributed by atoms with Crippen LogP contribution in [0.2, 0.25) is 0 Å². The molecule has 0 aromatic heterocycles. The van der Waals surface area contributed by atoms with E-state index in [0.717, 1.165) is 17.7 Å². The maximum atomic E-state index is 12.7. The van der Waals surface area contributed by atoms with Crippen molar-refractivity contribution in [3.05, 3.63) is 23.8 Å². The van der Waals surface area contributed by atoms with Gasteiger partial charge in [0.2, 0.25) is 11.8 Å². The second kappa shape index (κ2) is 9.95. The summed E-state index contributed by atoms with van der Waals surface area (Å²) in [5.41, 5.74) is 7.85. The summed E-state index contributed by atoms with van der Waals surface area (Å²) in [7, 11) is 3.37. The molecule has 0 radical (unpaired) electrons. The van der Waals surface area contributed by atoms with Crippen LogP contribution >= 0.6 is 12.4 Å². The normalized spacial score (nSPS) is 17.7. The van der Waals surface area contributed by atoms with Gasteiger partial charge in [-0.05, 0) is 37.0 Å². The Morgan fingerprint density at radius 3 is 2.67 bits per heavy atom. The van der Waals surface area contributed by atoms with E-state index in [-0.39, 0.29) is 42.6 Å². The highest BCUT2D eigenvalue weighted by atomic mass is 35.5. The number of nitrogens with zero attached hydrogens (tertiary/aromatic N) is 2. The van der Waals surface area contributed by atoms with Crippen LogP contribution in [-0.4, -0.2) is 50.0 Å².